The quantitative estimate of drug-likeness (QED) is 0.841. The second kappa shape index (κ2) is 8.39. The Labute approximate surface area is 134 Å². The van der Waals surface area contributed by atoms with Gasteiger partial charge in [0.25, 0.3) is 0 Å². The molecule has 2 rings (SSSR count). The third-order valence-electron chi connectivity index (χ3n) is 4.73. The molecule has 124 valence electrons. The molecule has 1 aliphatic heterocycles. The summed E-state index contributed by atoms with van der Waals surface area (Å²) in [7, 11) is 3.35. The van der Waals surface area contributed by atoms with Gasteiger partial charge in [0.2, 0.25) is 0 Å². The smallest absolute Gasteiger partial charge is 0.160 e. The van der Waals surface area contributed by atoms with E-state index in [-0.39, 0.29) is 0 Å². The molecule has 0 aromatic heterocycles. The van der Waals surface area contributed by atoms with E-state index in [0.29, 0.717) is 18.5 Å². The summed E-state index contributed by atoms with van der Waals surface area (Å²) >= 11 is 0. The van der Waals surface area contributed by atoms with Crippen LogP contribution in [0.1, 0.15) is 44.1 Å². The van der Waals surface area contributed by atoms with Gasteiger partial charge in [-0.25, -0.2) is 0 Å². The third kappa shape index (κ3) is 3.73. The molecule has 1 aliphatic rings. The summed E-state index contributed by atoms with van der Waals surface area (Å²) in [4.78, 5) is 2.62. The Morgan fingerprint density at radius 1 is 1.23 bits per heavy atom. The van der Waals surface area contributed by atoms with Crippen LogP contribution in [0.25, 0.3) is 0 Å². The van der Waals surface area contributed by atoms with E-state index in [0.717, 1.165) is 18.0 Å². The maximum atomic E-state index is 6.16. The van der Waals surface area contributed by atoms with Crippen molar-refractivity contribution < 1.29 is 9.47 Å². The van der Waals surface area contributed by atoms with Gasteiger partial charge in [-0.3, -0.25) is 4.90 Å². The highest BCUT2D eigenvalue weighted by atomic mass is 16.5. The van der Waals surface area contributed by atoms with E-state index < -0.39 is 0 Å². The Bertz CT molecular complexity index is 462. The summed E-state index contributed by atoms with van der Waals surface area (Å²) in [6.45, 7) is 5.27. The van der Waals surface area contributed by atoms with Crippen molar-refractivity contribution >= 4 is 0 Å². The predicted molar refractivity (Wildman–Crippen MR) is 90.8 cm³/mol. The lowest BCUT2D eigenvalue weighted by molar-refractivity contribution is 0.127. The van der Waals surface area contributed by atoms with Crippen molar-refractivity contribution in [3.05, 3.63) is 23.8 Å². The largest absolute Gasteiger partial charge is 0.493 e. The molecule has 1 saturated heterocycles. The van der Waals surface area contributed by atoms with Crippen LogP contribution in [-0.2, 0) is 0 Å². The number of rotatable bonds is 7. The molecule has 4 heteroatoms. The monoisotopic (exact) mass is 306 g/mol. The number of nitrogens with two attached hydrogens (primary N) is 1. The number of hydrogen-bond donors (Lipinski definition) is 1. The van der Waals surface area contributed by atoms with Crippen LogP contribution in [-0.4, -0.2) is 44.8 Å². The maximum absolute atomic E-state index is 6.16. The van der Waals surface area contributed by atoms with E-state index in [1.165, 1.54) is 37.8 Å². The van der Waals surface area contributed by atoms with Gasteiger partial charge >= 0.3 is 0 Å². The SMILES string of the molecule is CCCN1CCCCC1C(CN)c1ccc(OC)c(OC)c1. The number of ether oxygens (including phenoxy) is 2. The van der Waals surface area contributed by atoms with Crippen molar-refractivity contribution in [3.8, 4) is 11.5 Å². The molecule has 0 aliphatic carbocycles. The number of piperidine rings is 1. The van der Waals surface area contributed by atoms with Crippen LogP contribution in [0.4, 0.5) is 0 Å². The first-order valence-corrected chi connectivity index (χ1v) is 8.41. The van der Waals surface area contributed by atoms with Gasteiger partial charge in [-0.2, -0.15) is 0 Å². The Morgan fingerprint density at radius 3 is 2.64 bits per heavy atom. The first kappa shape index (κ1) is 17.1. The van der Waals surface area contributed by atoms with Crippen LogP contribution in [0.2, 0.25) is 0 Å². The lowest BCUT2D eigenvalue weighted by Crippen LogP contribution is -2.45. The second-order valence-electron chi connectivity index (χ2n) is 6.06. The molecule has 0 bridgehead atoms. The van der Waals surface area contributed by atoms with Gasteiger partial charge in [0, 0.05) is 18.5 Å². The lowest BCUT2D eigenvalue weighted by Gasteiger charge is -2.40. The predicted octanol–water partition coefficient (Wildman–Crippen LogP) is 3.01. The van der Waals surface area contributed by atoms with E-state index >= 15 is 0 Å². The van der Waals surface area contributed by atoms with Crippen molar-refractivity contribution in [2.75, 3.05) is 33.9 Å². The van der Waals surface area contributed by atoms with E-state index in [2.05, 4.69) is 24.0 Å². The molecule has 1 aromatic carbocycles. The molecule has 1 aromatic rings. The summed E-state index contributed by atoms with van der Waals surface area (Å²) < 4.78 is 10.8. The number of nitrogens with zero attached hydrogens (tertiary/aromatic N) is 1. The Kier molecular flexibility index (Phi) is 6.52. The van der Waals surface area contributed by atoms with Gasteiger partial charge < -0.3 is 15.2 Å². The van der Waals surface area contributed by atoms with Gasteiger partial charge in [-0.05, 0) is 50.0 Å². The molecular formula is C18H30N2O2. The molecule has 0 saturated carbocycles. The zero-order valence-electron chi connectivity index (χ0n) is 14.2. The van der Waals surface area contributed by atoms with Crippen molar-refractivity contribution in [3.63, 3.8) is 0 Å². The number of benzene rings is 1. The summed E-state index contributed by atoms with van der Waals surface area (Å²) in [6.07, 6.45) is 5.03. The van der Waals surface area contributed by atoms with Gasteiger partial charge in [0.1, 0.15) is 0 Å². The first-order chi connectivity index (χ1) is 10.7. The van der Waals surface area contributed by atoms with Crippen molar-refractivity contribution in [2.45, 2.75) is 44.6 Å². The zero-order chi connectivity index (χ0) is 15.9. The first-order valence-electron chi connectivity index (χ1n) is 8.41. The zero-order valence-corrected chi connectivity index (χ0v) is 14.2. The van der Waals surface area contributed by atoms with Gasteiger partial charge in [-0.1, -0.05) is 19.4 Å². The highest BCUT2D eigenvalue weighted by molar-refractivity contribution is 5.44. The molecule has 0 radical (unpaired) electrons. The highest BCUT2D eigenvalue weighted by Gasteiger charge is 2.30. The fraction of sp³-hybridized carbons (Fsp3) is 0.667. The van der Waals surface area contributed by atoms with Crippen LogP contribution < -0.4 is 15.2 Å². The standard InChI is InChI=1S/C18H30N2O2/c1-4-10-20-11-6-5-7-16(20)15(13-19)14-8-9-17(21-2)18(12-14)22-3/h8-9,12,15-16H,4-7,10-11,13,19H2,1-3H3. The summed E-state index contributed by atoms with van der Waals surface area (Å²) in [5.41, 5.74) is 7.41. The number of methoxy groups -OCH3 is 2. The fourth-order valence-electron chi connectivity index (χ4n) is 3.64. The second-order valence-corrected chi connectivity index (χ2v) is 6.06. The van der Waals surface area contributed by atoms with E-state index in [4.69, 9.17) is 15.2 Å². The van der Waals surface area contributed by atoms with Crippen LogP contribution in [0.15, 0.2) is 18.2 Å². The molecule has 2 atom stereocenters. The van der Waals surface area contributed by atoms with Gasteiger partial charge in [0.15, 0.2) is 11.5 Å². The average Bonchev–Trinajstić information content (AvgIpc) is 2.57. The van der Waals surface area contributed by atoms with Crippen molar-refractivity contribution in [1.82, 2.24) is 4.90 Å². The van der Waals surface area contributed by atoms with E-state index in [1.807, 2.05) is 6.07 Å². The fourth-order valence-corrected chi connectivity index (χ4v) is 3.64. The minimum Gasteiger partial charge on any atom is -0.493 e. The third-order valence-corrected chi connectivity index (χ3v) is 4.73. The van der Waals surface area contributed by atoms with Crippen LogP contribution in [0, 0.1) is 0 Å². The molecule has 1 heterocycles. The van der Waals surface area contributed by atoms with Crippen LogP contribution in [0.3, 0.4) is 0 Å². The molecule has 1 fully saturated rings. The minimum absolute atomic E-state index is 0.353. The van der Waals surface area contributed by atoms with E-state index in [9.17, 15) is 0 Å². The topological polar surface area (TPSA) is 47.7 Å². The summed E-state index contributed by atoms with van der Waals surface area (Å²) in [5.74, 6) is 1.92. The highest BCUT2D eigenvalue weighted by Crippen LogP contribution is 2.35. The summed E-state index contributed by atoms with van der Waals surface area (Å²) in [5, 5.41) is 0. The molecule has 2 N–H and O–H groups in total. The number of likely N-dealkylation sites (tertiary alicyclic amines) is 1. The van der Waals surface area contributed by atoms with E-state index in [1.54, 1.807) is 14.2 Å². The van der Waals surface area contributed by atoms with Gasteiger partial charge in [0.05, 0.1) is 14.2 Å². The molecule has 0 spiro atoms. The Hall–Kier alpha value is -1.26. The molecule has 4 nitrogen and oxygen atoms in total. The Balaban J connectivity index is 2.26. The van der Waals surface area contributed by atoms with Crippen LogP contribution in [0.5, 0.6) is 11.5 Å². The molecule has 2 unspecified atom stereocenters. The number of hydrogen-bond acceptors (Lipinski definition) is 4. The molecular weight excluding hydrogens is 276 g/mol. The lowest BCUT2D eigenvalue weighted by atomic mass is 9.85. The summed E-state index contributed by atoms with van der Waals surface area (Å²) in [6, 6.07) is 6.76. The van der Waals surface area contributed by atoms with Crippen molar-refractivity contribution in [1.29, 1.82) is 0 Å². The van der Waals surface area contributed by atoms with Crippen LogP contribution >= 0.6 is 0 Å². The van der Waals surface area contributed by atoms with Crippen molar-refractivity contribution in [2.24, 2.45) is 5.73 Å². The normalized spacial score (nSPS) is 20.6. The molecule has 22 heavy (non-hydrogen) atoms. The van der Waals surface area contributed by atoms with Gasteiger partial charge in [-0.15, -0.1) is 0 Å². The molecule has 0 amide bonds. The minimum atomic E-state index is 0.353. The average molecular weight is 306 g/mol. The maximum Gasteiger partial charge on any atom is 0.160 e. The Morgan fingerprint density at radius 2 is 2.00 bits per heavy atom.